The van der Waals surface area contributed by atoms with E-state index in [4.69, 9.17) is 4.74 Å². The molecule has 1 heterocycles. The number of carbonyl (C=O) groups excluding carboxylic acids is 1. The van der Waals surface area contributed by atoms with Crippen molar-refractivity contribution >= 4 is 6.09 Å². The van der Waals surface area contributed by atoms with E-state index < -0.39 is 5.60 Å². The van der Waals surface area contributed by atoms with Crippen molar-refractivity contribution in [1.82, 2.24) is 15.5 Å². The number of ether oxygens (including phenoxy) is 1. The summed E-state index contributed by atoms with van der Waals surface area (Å²) in [6.45, 7) is 9.29. The molecule has 0 spiro atoms. The number of likely N-dealkylation sites (tertiary alicyclic amines) is 1. The zero-order valence-electron chi connectivity index (χ0n) is 14.7. The summed E-state index contributed by atoms with van der Waals surface area (Å²) < 4.78 is 5.32. The fourth-order valence-electron chi connectivity index (χ4n) is 3.44. The van der Waals surface area contributed by atoms with Gasteiger partial charge in [-0.1, -0.05) is 0 Å². The van der Waals surface area contributed by atoms with E-state index in [1.807, 2.05) is 20.8 Å². The molecular weight excluding hydrogens is 278 g/mol. The largest absolute Gasteiger partial charge is 0.444 e. The topological polar surface area (TPSA) is 53.6 Å². The molecule has 1 aliphatic carbocycles. The van der Waals surface area contributed by atoms with Crippen LogP contribution in [0.3, 0.4) is 0 Å². The van der Waals surface area contributed by atoms with Gasteiger partial charge >= 0.3 is 6.09 Å². The van der Waals surface area contributed by atoms with Gasteiger partial charge in [0.2, 0.25) is 0 Å². The lowest BCUT2D eigenvalue weighted by Gasteiger charge is -2.31. The first-order valence-electron chi connectivity index (χ1n) is 8.73. The summed E-state index contributed by atoms with van der Waals surface area (Å²) in [6, 6.07) is 0.883. The second-order valence-electron chi connectivity index (χ2n) is 8.02. The van der Waals surface area contributed by atoms with Crippen LogP contribution in [0, 0.1) is 5.92 Å². The van der Waals surface area contributed by atoms with E-state index in [-0.39, 0.29) is 12.1 Å². The van der Waals surface area contributed by atoms with Crippen molar-refractivity contribution in [2.24, 2.45) is 5.92 Å². The lowest BCUT2D eigenvalue weighted by molar-refractivity contribution is 0.0489. The summed E-state index contributed by atoms with van der Waals surface area (Å²) in [5, 5.41) is 6.73. The Morgan fingerprint density at radius 2 is 1.77 bits per heavy atom. The molecule has 22 heavy (non-hydrogen) atoms. The predicted octanol–water partition coefficient (Wildman–Crippen LogP) is 2.36. The minimum Gasteiger partial charge on any atom is -0.444 e. The van der Waals surface area contributed by atoms with Crippen LogP contribution in [0.2, 0.25) is 0 Å². The Morgan fingerprint density at radius 3 is 2.32 bits per heavy atom. The zero-order valence-corrected chi connectivity index (χ0v) is 14.7. The SMILES string of the molecule is CN1CCC(CNC2CCC(NC(=O)OC(C)(C)C)CC2)C1. The molecule has 1 amide bonds. The van der Waals surface area contributed by atoms with Crippen LogP contribution in [0.5, 0.6) is 0 Å². The molecule has 5 nitrogen and oxygen atoms in total. The highest BCUT2D eigenvalue weighted by Gasteiger charge is 2.26. The second kappa shape index (κ2) is 7.64. The van der Waals surface area contributed by atoms with Gasteiger partial charge in [-0.05, 0) is 78.9 Å². The lowest BCUT2D eigenvalue weighted by atomic mass is 9.91. The van der Waals surface area contributed by atoms with Crippen LogP contribution in [0.4, 0.5) is 4.79 Å². The first-order valence-corrected chi connectivity index (χ1v) is 8.73. The molecule has 1 unspecified atom stereocenters. The normalized spacial score (nSPS) is 30.3. The maximum Gasteiger partial charge on any atom is 0.407 e. The maximum absolute atomic E-state index is 11.8. The Bertz CT molecular complexity index is 359. The Balaban J connectivity index is 1.60. The smallest absolute Gasteiger partial charge is 0.407 e. The molecule has 0 aromatic heterocycles. The van der Waals surface area contributed by atoms with Crippen molar-refractivity contribution < 1.29 is 9.53 Å². The van der Waals surface area contributed by atoms with Crippen molar-refractivity contribution in [2.45, 2.75) is 70.6 Å². The van der Waals surface area contributed by atoms with E-state index >= 15 is 0 Å². The molecule has 0 radical (unpaired) electrons. The van der Waals surface area contributed by atoms with Crippen molar-refractivity contribution in [3.8, 4) is 0 Å². The van der Waals surface area contributed by atoms with E-state index in [0.717, 1.165) is 38.1 Å². The lowest BCUT2D eigenvalue weighted by Crippen LogP contribution is -2.44. The minimum atomic E-state index is -0.419. The number of nitrogens with zero attached hydrogens (tertiary/aromatic N) is 1. The van der Waals surface area contributed by atoms with Gasteiger partial charge in [0.05, 0.1) is 0 Å². The average molecular weight is 311 g/mol. The molecule has 1 aliphatic heterocycles. The van der Waals surface area contributed by atoms with Gasteiger partial charge in [-0.2, -0.15) is 0 Å². The standard InChI is InChI=1S/C17H33N3O2/c1-17(2,3)22-16(21)19-15-7-5-14(6-8-15)18-11-13-9-10-20(4)12-13/h13-15,18H,5-12H2,1-4H3,(H,19,21). The summed E-state index contributed by atoms with van der Waals surface area (Å²) in [7, 11) is 2.20. The van der Waals surface area contributed by atoms with Crippen molar-refractivity contribution in [2.75, 3.05) is 26.7 Å². The van der Waals surface area contributed by atoms with Crippen LogP contribution in [0.1, 0.15) is 52.9 Å². The van der Waals surface area contributed by atoms with Crippen LogP contribution < -0.4 is 10.6 Å². The third-order valence-corrected chi connectivity index (χ3v) is 4.63. The number of hydrogen-bond acceptors (Lipinski definition) is 4. The van der Waals surface area contributed by atoms with Gasteiger partial charge in [0.25, 0.3) is 0 Å². The number of alkyl carbamates (subject to hydrolysis) is 1. The van der Waals surface area contributed by atoms with Gasteiger partial charge in [-0.15, -0.1) is 0 Å². The summed E-state index contributed by atoms with van der Waals surface area (Å²) in [6.07, 6.45) is 5.41. The third-order valence-electron chi connectivity index (χ3n) is 4.63. The summed E-state index contributed by atoms with van der Waals surface area (Å²) in [4.78, 5) is 14.2. The van der Waals surface area contributed by atoms with Crippen molar-refractivity contribution in [1.29, 1.82) is 0 Å². The van der Waals surface area contributed by atoms with Crippen molar-refractivity contribution in [3.05, 3.63) is 0 Å². The van der Waals surface area contributed by atoms with Crippen molar-refractivity contribution in [3.63, 3.8) is 0 Å². The number of carbonyl (C=O) groups is 1. The average Bonchev–Trinajstić information content (AvgIpc) is 2.81. The molecule has 1 saturated heterocycles. The van der Waals surface area contributed by atoms with E-state index in [9.17, 15) is 4.79 Å². The minimum absolute atomic E-state index is 0.269. The molecule has 0 bridgehead atoms. The monoisotopic (exact) mass is 311 g/mol. The summed E-state index contributed by atoms with van der Waals surface area (Å²) >= 11 is 0. The molecule has 5 heteroatoms. The molecule has 2 fully saturated rings. The third kappa shape index (κ3) is 6.13. The van der Waals surface area contributed by atoms with Gasteiger partial charge in [-0.3, -0.25) is 0 Å². The van der Waals surface area contributed by atoms with Crippen LogP contribution in [-0.2, 0) is 4.74 Å². The fraction of sp³-hybridized carbons (Fsp3) is 0.941. The molecule has 128 valence electrons. The van der Waals surface area contributed by atoms with Gasteiger partial charge in [-0.25, -0.2) is 4.79 Å². The predicted molar refractivity (Wildman–Crippen MR) is 89.0 cm³/mol. The fourth-order valence-corrected chi connectivity index (χ4v) is 3.44. The molecule has 1 saturated carbocycles. The highest BCUT2D eigenvalue weighted by molar-refractivity contribution is 5.68. The number of nitrogens with one attached hydrogen (secondary N) is 2. The van der Waals surface area contributed by atoms with Gasteiger partial charge in [0, 0.05) is 18.6 Å². The molecule has 2 aliphatic rings. The first-order chi connectivity index (χ1) is 10.3. The van der Waals surface area contributed by atoms with Crippen LogP contribution in [0.15, 0.2) is 0 Å². The van der Waals surface area contributed by atoms with E-state index in [1.54, 1.807) is 0 Å². The Hall–Kier alpha value is -0.810. The van der Waals surface area contributed by atoms with Gasteiger partial charge < -0.3 is 20.3 Å². The highest BCUT2D eigenvalue weighted by atomic mass is 16.6. The Labute approximate surface area is 135 Å². The van der Waals surface area contributed by atoms with E-state index in [1.165, 1.54) is 19.5 Å². The first kappa shape index (κ1) is 17.5. The van der Waals surface area contributed by atoms with Gasteiger partial charge in [0.1, 0.15) is 5.60 Å². The Morgan fingerprint density at radius 1 is 1.14 bits per heavy atom. The Kier molecular flexibility index (Phi) is 6.09. The van der Waals surface area contributed by atoms with Crippen LogP contribution in [-0.4, -0.2) is 55.4 Å². The summed E-state index contributed by atoms with van der Waals surface area (Å²) in [5.74, 6) is 0.808. The molecule has 1 atom stereocenters. The molecular formula is C17H33N3O2. The van der Waals surface area contributed by atoms with Crippen LogP contribution in [0.25, 0.3) is 0 Å². The zero-order chi connectivity index (χ0) is 16.2. The van der Waals surface area contributed by atoms with Crippen LogP contribution >= 0.6 is 0 Å². The quantitative estimate of drug-likeness (QED) is 0.837. The molecule has 0 aromatic rings. The molecule has 2 N–H and O–H groups in total. The highest BCUT2D eigenvalue weighted by Crippen LogP contribution is 2.20. The number of hydrogen-bond donors (Lipinski definition) is 2. The molecule has 2 rings (SSSR count). The van der Waals surface area contributed by atoms with Gasteiger partial charge in [0.15, 0.2) is 0 Å². The number of rotatable bonds is 4. The number of amides is 1. The summed E-state index contributed by atoms with van der Waals surface area (Å²) in [5.41, 5.74) is -0.419. The maximum atomic E-state index is 11.8. The van der Waals surface area contributed by atoms with E-state index in [2.05, 4.69) is 22.6 Å². The second-order valence-corrected chi connectivity index (χ2v) is 8.02. The molecule has 0 aromatic carbocycles. The van der Waals surface area contributed by atoms with E-state index in [0.29, 0.717) is 6.04 Å².